The molecule has 0 bridgehead atoms. The van der Waals surface area contributed by atoms with Crippen molar-refractivity contribution in [1.29, 1.82) is 0 Å². The second-order valence-corrected chi connectivity index (χ2v) is 10.8. The third kappa shape index (κ3) is 4.75. The van der Waals surface area contributed by atoms with Gasteiger partial charge in [0.05, 0.1) is 32.1 Å². The summed E-state index contributed by atoms with van der Waals surface area (Å²) in [4.78, 5) is 34.8. The highest BCUT2D eigenvalue weighted by atomic mass is 16.5. The monoisotopic (exact) mass is 533 g/mol. The van der Waals surface area contributed by atoms with E-state index in [4.69, 9.17) is 14.2 Å². The predicted molar refractivity (Wildman–Crippen MR) is 150 cm³/mol. The van der Waals surface area contributed by atoms with Crippen molar-refractivity contribution in [3.63, 3.8) is 0 Å². The maximum absolute atomic E-state index is 14.1. The fourth-order valence-corrected chi connectivity index (χ4v) is 5.96. The molecule has 3 heterocycles. The Morgan fingerprint density at radius 2 is 1.90 bits per heavy atom. The zero-order valence-corrected chi connectivity index (χ0v) is 23.6. The van der Waals surface area contributed by atoms with Crippen LogP contribution in [0.2, 0.25) is 0 Å². The standard InChI is InChI=1S/C31H39N3O5/c1-6-15-39-25-13-12-21(17-26(25)37-5)23-18-34-27(35)19-33(14-9-16-38-20(2)3)30(36)31(34,4)29-28(23)22-10-7-8-11-24(22)32-29/h7-8,10-13,17,20,23,32H,6,9,14-16,18-19H2,1-5H3/t23-,31-/m0/s1. The summed E-state index contributed by atoms with van der Waals surface area (Å²) >= 11 is 0. The number of para-hydroxylation sites is 1. The van der Waals surface area contributed by atoms with Gasteiger partial charge in [-0.25, -0.2) is 0 Å². The van der Waals surface area contributed by atoms with Crippen molar-refractivity contribution < 1.29 is 23.8 Å². The van der Waals surface area contributed by atoms with Crippen molar-refractivity contribution in [3.8, 4) is 11.5 Å². The van der Waals surface area contributed by atoms with Gasteiger partial charge >= 0.3 is 0 Å². The molecule has 39 heavy (non-hydrogen) atoms. The number of carbonyl (C=O) groups is 2. The van der Waals surface area contributed by atoms with Gasteiger partial charge in [-0.05, 0) is 62.9 Å². The number of amides is 2. The summed E-state index contributed by atoms with van der Waals surface area (Å²) in [6.07, 6.45) is 1.71. The molecule has 0 radical (unpaired) electrons. The molecule has 1 aromatic heterocycles. The smallest absolute Gasteiger partial charge is 0.254 e. The molecule has 2 atom stereocenters. The van der Waals surface area contributed by atoms with Crippen LogP contribution in [0.5, 0.6) is 11.5 Å². The van der Waals surface area contributed by atoms with E-state index in [0.717, 1.165) is 34.1 Å². The van der Waals surface area contributed by atoms with Gasteiger partial charge in [0, 0.05) is 36.5 Å². The lowest BCUT2D eigenvalue weighted by atomic mass is 9.76. The van der Waals surface area contributed by atoms with Crippen molar-refractivity contribution in [2.24, 2.45) is 0 Å². The SMILES string of the molecule is CCCOc1ccc([C@@H]2CN3C(=O)CN(CCCOC(C)C)C(=O)[C@]3(C)c3[nH]c4ccccc4c32)cc1OC. The number of ether oxygens (including phenoxy) is 3. The zero-order chi connectivity index (χ0) is 27.7. The fraction of sp³-hybridized carbons (Fsp3) is 0.484. The molecule has 0 saturated carbocycles. The highest BCUT2D eigenvalue weighted by Gasteiger charge is 2.56. The third-order valence-electron chi connectivity index (χ3n) is 7.89. The summed E-state index contributed by atoms with van der Waals surface area (Å²) in [7, 11) is 1.64. The average molecular weight is 534 g/mol. The molecule has 1 fully saturated rings. The molecular formula is C31H39N3O5. The first-order chi connectivity index (χ1) is 18.8. The van der Waals surface area contributed by atoms with Crippen LogP contribution in [0.15, 0.2) is 42.5 Å². The Balaban J connectivity index is 1.57. The summed E-state index contributed by atoms with van der Waals surface area (Å²) in [6, 6.07) is 14.1. The van der Waals surface area contributed by atoms with Crippen LogP contribution < -0.4 is 9.47 Å². The number of piperazine rings is 1. The van der Waals surface area contributed by atoms with Crippen LogP contribution in [0.25, 0.3) is 10.9 Å². The van der Waals surface area contributed by atoms with Gasteiger partial charge in [-0.15, -0.1) is 0 Å². The number of nitrogens with one attached hydrogen (secondary N) is 1. The first kappa shape index (κ1) is 27.1. The lowest BCUT2D eigenvalue weighted by Gasteiger charge is -2.51. The Bertz CT molecular complexity index is 1370. The van der Waals surface area contributed by atoms with E-state index in [2.05, 4.69) is 18.0 Å². The summed E-state index contributed by atoms with van der Waals surface area (Å²) < 4.78 is 17.3. The maximum atomic E-state index is 14.1. The molecule has 0 unspecified atom stereocenters. The maximum Gasteiger partial charge on any atom is 0.254 e. The Labute approximate surface area is 230 Å². The second kappa shape index (κ2) is 10.9. The molecule has 0 spiro atoms. The van der Waals surface area contributed by atoms with E-state index >= 15 is 0 Å². The Kier molecular flexibility index (Phi) is 7.58. The van der Waals surface area contributed by atoms with Crippen molar-refractivity contribution in [3.05, 3.63) is 59.3 Å². The van der Waals surface area contributed by atoms with Crippen molar-refractivity contribution in [1.82, 2.24) is 14.8 Å². The van der Waals surface area contributed by atoms with E-state index in [-0.39, 0.29) is 30.4 Å². The second-order valence-electron chi connectivity index (χ2n) is 10.8. The molecule has 8 nitrogen and oxygen atoms in total. The van der Waals surface area contributed by atoms with Crippen molar-refractivity contribution in [2.75, 3.05) is 40.0 Å². The number of hydrogen-bond acceptors (Lipinski definition) is 5. The number of H-pyrrole nitrogens is 1. The molecule has 2 amide bonds. The van der Waals surface area contributed by atoms with Gasteiger partial charge < -0.3 is 29.0 Å². The normalized spacial score (nSPS) is 20.9. The van der Waals surface area contributed by atoms with Crippen LogP contribution in [0, 0.1) is 0 Å². The summed E-state index contributed by atoms with van der Waals surface area (Å²) in [6.45, 7) is 10.0. The molecule has 8 heteroatoms. The average Bonchev–Trinajstić information content (AvgIpc) is 3.33. The van der Waals surface area contributed by atoms with Crippen LogP contribution in [-0.2, 0) is 19.9 Å². The van der Waals surface area contributed by atoms with Crippen LogP contribution >= 0.6 is 0 Å². The molecule has 2 aliphatic rings. The minimum Gasteiger partial charge on any atom is -0.493 e. The van der Waals surface area contributed by atoms with E-state index < -0.39 is 5.54 Å². The Hall–Kier alpha value is -3.52. The number of fused-ring (bicyclic) bond motifs is 5. The van der Waals surface area contributed by atoms with E-state index in [1.165, 1.54) is 0 Å². The number of rotatable bonds is 10. The van der Waals surface area contributed by atoms with Gasteiger partial charge in [0.1, 0.15) is 0 Å². The third-order valence-corrected chi connectivity index (χ3v) is 7.89. The van der Waals surface area contributed by atoms with Crippen LogP contribution in [-0.4, -0.2) is 72.7 Å². The summed E-state index contributed by atoms with van der Waals surface area (Å²) in [5.74, 6) is 1.11. The number of aromatic nitrogens is 1. The van der Waals surface area contributed by atoms with E-state index in [0.29, 0.717) is 44.2 Å². The van der Waals surface area contributed by atoms with Gasteiger partial charge in [-0.3, -0.25) is 9.59 Å². The van der Waals surface area contributed by atoms with E-state index in [1.807, 2.05) is 57.2 Å². The van der Waals surface area contributed by atoms with Crippen LogP contribution in [0.1, 0.15) is 63.3 Å². The molecule has 208 valence electrons. The molecule has 3 aromatic rings. The molecule has 0 aliphatic carbocycles. The highest BCUT2D eigenvalue weighted by Crippen LogP contribution is 2.49. The lowest BCUT2D eigenvalue weighted by Crippen LogP contribution is -2.67. The predicted octanol–water partition coefficient (Wildman–Crippen LogP) is 4.81. The van der Waals surface area contributed by atoms with Gasteiger partial charge in [-0.1, -0.05) is 31.2 Å². The molecular weight excluding hydrogens is 494 g/mol. The van der Waals surface area contributed by atoms with Crippen LogP contribution in [0.3, 0.4) is 0 Å². The van der Waals surface area contributed by atoms with Gasteiger partial charge in [0.2, 0.25) is 5.91 Å². The quantitative estimate of drug-likeness (QED) is 0.378. The fourth-order valence-electron chi connectivity index (χ4n) is 5.96. The highest BCUT2D eigenvalue weighted by molar-refractivity contribution is 6.01. The zero-order valence-electron chi connectivity index (χ0n) is 23.6. The molecule has 5 rings (SSSR count). The van der Waals surface area contributed by atoms with Gasteiger partial charge in [0.25, 0.3) is 5.91 Å². The number of carbonyl (C=O) groups excluding carboxylic acids is 2. The largest absolute Gasteiger partial charge is 0.493 e. The van der Waals surface area contributed by atoms with E-state index in [1.54, 1.807) is 16.9 Å². The number of hydrogen-bond donors (Lipinski definition) is 1. The Morgan fingerprint density at radius 1 is 1.10 bits per heavy atom. The van der Waals surface area contributed by atoms with Gasteiger partial charge in [-0.2, -0.15) is 0 Å². The van der Waals surface area contributed by atoms with Crippen molar-refractivity contribution in [2.45, 2.75) is 58.1 Å². The Morgan fingerprint density at radius 3 is 2.64 bits per heavy atom. The number of benzene rings is 2. The molecule has 2 aromatic carbocycles. The molecule has 1 saturated heterocycles. The number of aromatic amines is 1. The van der Waals surface area contributed by atoms with Gasteiger partial charge in [0.15, 0.2) is 17.0 Å². The first-order valence-electron chi connectivity index (χ1n) is 13.9. The minimum absolute atomic E-state index is 0.0500. The topological polar surface area (TPSA) is 84.1 Å². The lowest BCUT2D eigenvalue weighted by molar-refractivity contribution is -0.166. The number of nitrogens with zero attached hydrogens (tertiary/aromatic N) is 2. The van der Waals surface area contributed by atoms with Crippen LogP contribution in [0.4, 0.5) is 0 Å². The van der Waals surface area contributed by atoms with Crippen molar-refractivity contribution >= 4 is 22.7 Å². The first-order valence-corrected chi connectivity index (χ1v) is 13.9. The molecule has 1 N–H and O–H groups in total. The van der Waals surface area contributed by atoms with E-state index in [9.17, 15) is 9.59 Å². The minimum atomic E-state index is -1.12. The summed E-state index contributed by atoms with van der Waals surface area (Å²) in [5.41, 5.74) is 2.68. The number of methoxy groups -OCH3 is 1. The summed E-state index contributed by atoms with van der Waals surface area (Å²) in [5, 5.41) is 1.06. The molecule has 2 aliphatic heterocycles.